The molecule has 0 aromatic rings. The molecule has 0 bridgehead atoms. The van der Waals surface area contributed by atoms with Gasteiger partial charge in [-0.05, 0) is 13.3 Å². The Bertz CT molecular complexity index is 726. The van der Waals surface area contributed by atoms with Crippen LogP contribution in [0, 0.1) is 0 Å². The number of alkyl halides is 17. The SMILES string of the molecule is CC[C@@H](C)OC(=O)[C@@](F)(OC(F)(F)[C@](F)(OC(F)(F)C(F)(F)C(F)(F)F)C(F)(F)F)C(F)(F)F. The van der Waals surface area contributed by atoms with Gasteiger partial charge in [0.1, 0.15) is 0 Å². The minimum Gasteiger partial charge on any atom is -0.458 e. The largest absolute Gasteiger partial charge is 0.462 e. The molecule has 0 heterocycles. The lowest BCUT2D eigenvalue weighted by Gasteiger charge is -2.40. The first-order valence-electron chi connectivity index (χ1n) is 7.87. The summed E-state index contributed by atoms with van der Waals surface area (Å²) in [6.45, 7) is 1.67. The van der Waals surface area contributed by atoms with Gasteiger partial charge < -0.3 is 4.74 Å². The predicted molar refractivity (Wildman–Crippen MR) is 68.7 cm³/mol. The topological polar surface area (TPSA) is 44.8 Å². The average molecular weight is 552 g/mol. The second-order valence-corrected chi connectivity index (χ2v) is 6.12. The molecule has 0 radical (unpaired) electrons. The number of esters is 1. The Labute approximate surface area is 175 Å². The molecule has 0 rings (SSSR count). The molecule has 0 amide bonds. The molecule has 0 aliphatic carbocycles. The van der Waals surface area contributed by atoms with E-state index in [0.717, 1.165) is 6.92 Å². The quantitative estimate of drug-likeness (QED) is 0.253. The smallest absolute Gasteiger partial charge is 0.458 e. The van der Waals surface area contributed by atoms with Gasteiger partial charge in [-0.15, -0.1) is 0 Å². The van der Waals surface area contributed by atoms with Gasteiger partial charge in [-0.3, -0.25) is 9.47 Å². The van der Waals surface area contributed by atoms with Crippen molar-refractivity contribution in [3.8, 4) is 0 Å². The fraction of sp³-hybridized carbons (Fsp3) is 0.923. The maximum Gasteiger partial charge on any atom is 0.462 e. The third-order valence-electron chi connectivity index (χ3n) is 3.51. The molecule has 34 heavy (non-hydrogen) atoms. The summed E-state index contributed by atoms with van der Waals surface area (Å²) in [5, 5.41) is 0. The fourth-order valence-corrected chi connectivity index (χ4v) is 1.49. The van der Waals surface area contributed by atoms with E-state index in [4.69, 9.17) is 0 Å². The first-order valence-corrected chi connectivity index (χ1v) is 7.87. The summed E-state index contributed by atoms with van der Waals surface area (Å²) >= 11 is 0. The third kappa shape index (κ3) is 5.70. The van der Waals surface area contributed by atoms with Gasteiger partial charge in [-0.1, -0.05) is 6.92 Å². The van der Waals surface area contributed by atoms with Crippen LogP contribution in [0.25, 0.3) is 0 Å². The summed E-state index contributed by atoms with van der Waals surface area (Å²) in [4.78, 5) is 11.3. The molecule has 0 spiro atoms. The van der Waals surface area contributed by atoms with E-state index in [2.05, 4.69) is 4.74 Å². The van der Waals surface area contributed by atoms with Gasteiger partial charge in [-0.25, -0.2) is 4.79 Å². The number of hydrogen-bond acceptors (Lipinski definition) is 4. The lowest BCUT2D eigenvalue weighted by atomic mass is 10.2. The summed E-state index contributed by atoms with van der Waals surface area (Å²) in [5.41, 5.74) is 0. The number of hydrogen-bond donors (Lipinski definition) is 0. The van der Waals surface area contributed by atoms with Gasteiger partial charge in [0.15, 0.2) is 0 Å². The van der Waals surface area contributed by atoms with Gasteiger partial charge in [-0.2, -0.15) is 74.6 Å². The van der Waals surface area contributed by atoms with E-state index in [1.54, 1.807) is 0 Å². The predicted octanol–water partition coefficient (Wildman–Crippen LogP) is 6.20. The van der Waals surface area contributed by atoms with E-state index in [-0.39, 0.29) is 0 Å². The van der Waals surface area contributed by atoms with Crippen LogP contribution in [0.15, 0.2) is 0 Å². The third-order valence-corrected chi connectivity index (χ3v) is 3.51. The number of ether oxygens (including phenoxy) is 3. The highest BCUT2D eigenvalue weighted by molar-refractivity contribution is 5.79. The molecule has 4 nitrogen and oxygen atoms in total. The standard InChI is InChI=1S/C13H9F17O4/c1-3-4(2)32-5(31)6(14,9(18,19)20)33-13(29,30)8(17,11(24,25)26)34-12(27,28)7(15,16)10(21,22)23/h4H,3H2,1-2H3/t4-,6-,8-/m1/s1. The van der Waals surface area contributed by atoms with Crippen molar-refractivity contribution >= 4 is 5.97 Å². The Morgan fingerprint density at radius 3 is 1.35 bits per heavy atom. The molecule has 0 aliphatic rings. The van der Waals surface area contributed by atoms with Crippen molar-refractivity contribution in [2.75, 3.05) is 0 Å². The molecule has 21 heteroatoms. The van der Waals surface area contributed by atoms with Gasteiger partial charge >= 0.3 is 54.3 Å². The molecule has 0 unspecified atom stereocenters. The van der Waals surface area contributed by atoms with E-state index >= 15 is 0 Å². The van der Waals surface area contributed by atoms with E-state index in [1.165, 1.54) is 4.74 Å². The number of halogens is 17. The molecular formula is C13H9F17O4. The zero-order valence-electron chi connectivity index (χ0n) is 15.8. The van der Waals surface area contributed by atoms with Crippen molar-refractivity contribution in [3.05, 3.63) is 0 Å². The van der Waals surface area contributed by atoms with Crippen molar-refractivity contribution in [1.82, 2.24) is 0 Å². The Morgan fingerprint density at radius 2 is 1.06 bits per heavy atom. The van der Waals surface area contributed by atoms with Crippen LogP contribution >= 0.6 is 0 Å². The first-order chi connectivity index (χ1) is 14.5. The van der Waals surface area contributed by atoms with Crippen molar-refractivity contribution in [2.24, 2.45) is 0 Å². The molecule has 0 N–H and O–H groups in total. The second kappa shape index (κ2) is 9.01. The summed E-state index contributed by atoms with van der Waals surface area (Å²) in [5.74, 6) is -26.4. The molecular weight excluding hydrogens is 543 g/mol. The maximum absolute atomic E-state index is 14.1. The highest BCUT2D eigenvalue weighted by Gasteiger charge is 2.85. The van der Waals surface area contributed by atoms with Crippen LogP contribution in [0.4, 0.5) is 74.6 Å². The van der Waals surface area contributed by atoms with Crippen molar-refractivity contribution in [2.45, 2.75) is 74.8 Å². The van der Waals surface area contributed by atoms with Crippen LogP contribution in [0.2, 0.25) is 0 Å². The second-order valence-electron chi connectivity index (χ2n) is 6.12. The van der Waals surface area contributed by atoms with Crippen molar-refractivity contribution in [3.63, 3.8) is 0 Å². The fourth-order valence-electron chi connectivity index (χ4n) is 1.49. The summed E-state index contributed by atoms with van der Waals surface area (Å²) in [7, 11) is 0. The van der Waals surface area contributed by atoms with Crippen LogP contribution in [0.5, 0.6) is 0 Å². The minimum atomic E-state index is -8.04. The monoisotopic (exact) mass is 552 g/mol. The van der Waals surface area contributed by atoms with Gasteiger partial charge in [0.2, 0.25) is 0 Å². The molecule has 3 atom stereocenters. The Morgan fingerprint density at radius 1 is 0.647 bits per heavy atom. The zero-order valence-corrected chi connectivity index (χ0v) is 15.8. The molecule has 0 aromatic heterocycles. The average Bonchev–Trinajstić information content (AvgIpc) is 2.57. The molecule has 0 fully saturated rings. The van der Waals surface area contributed by atoms with Gasteiger partial charge in [0, 0.05) is 0 Å². The van der Waals surface area contributed by atoms with Gasteiger partial charge in [0.05, 0.1) is 6.10 Å². The summed E-state index contributed by atoms with van der Waals surface area (Å²) in [6, 6.07) is 0. The van der Waals surface area contributed by atoms with Crippen LogP contribution in [0.1, 0.15) is 20.3 Å². The summed E-state index contributed by atoms with van der Waals surface area (Å²) < 4.78 is 226. The maximum atomic E-state index is 14.1. The molecule has 0 saturated heterocycles. The van der Waals surface area contributed by atoms with Crippen LogP contribution in [-0.2, 0) is 19.0 Å². The van der Waals surface area contributed by atoms with Crippen LogP contribution in [0.3, 0.4) is 0 Å². The highest BCUT2D eigenvalue weighted by atomic mass is 19.4. The Balaban J connectivity index is 6.73. The first kappa shape index (κ1) is 32.2. The number of carbonyl (C=O) groups excluding carboxylic acids is 1. The summed E-state index contributed by atoms with van der Waals surface area (Å²) in [6.07, 6.45) is -40.8. The lowest BCUT2D eigenvalue weighted by molar-refractivity contribution is -0.548. The van der Waals surface area contributed by atoms with Crippen LogP contribution < -0.4 is 0 Å². The van der Waals surface area contributed by atoms with E-state index < -0.39 is 66.9 Å². The zero-order chi connectivity index (χ0) is 28.0. The molecule has 0 saturated carbocycles. The highest BCUT2D eigenvalue weighted by Crippen LogP contribution is 2.56. The van der Waals surface area contributed by atoms with E-state index in [1.807, 2.05) is 4.74 Å². The van der Waals surface area contributed by atoms with Crippen molar-refractivity contribution < 1.29 is 93.6 Å². The molecule has 0 aromatic carbocycles. The number of rotatable bonds is 9. The number of carbonyl (C=O) groups is 1. The minimum absolute atomic E-state index is 0.506. The normalized spacial score (nSPS) is 19.3. The van der Waals surface area contributed by atoms with Crippen LogP contribution in [-0.4, -0.2) is 60.5 Å². The lowest BCUT2D eigenvalue weighted by Crippen LogP contribution is -2.68. The Hall–Kier alpha value is -1.80. The van der Waals surface area contributed by atoms with E-state index in [0.29, 0.717) is 6.92 Å². The Kier molecular flexibility index (Phi) is 8.53. The molecule has 204 valence electrons. The van der Waals surface area contributed by atoms with Gasteiger partial charge in [0.25, 0.3) is 0 Å². The molecule has 0 aliphatic heterocycles. The van der Waals surface area contributed by atoms with Crippen molar-refractivity contribution in [1.29, 1.82) is 0 Å². The van der Waals surface area contributed by atoms with E-state index in [9.17, 15) is 79.4 Å².